The van der Waals surface area contributed by atoms with Crippen molar-refractivity contribution in [1.82, 2.24) is 0 Å². The average molecular weight is 598 g/mol. The van der Waals surface area contributed by atoms with Crippen molar-refractivity contribution in [3.63, 3.8) is 0 Å². The Bertz CT molecular complexity index is 1770. The molecule has 0 aliphatic heterocycles. The van der Waals surface area contributed by atoms with Crippen molar-refractivity contribution in [2.75, 3.05) is 0 Å². The number of aryl methyl sites for hydroxylation is 1. The molecule has 0 heterocycles. The molecule has 0 saturated carbocycles. The number of rotatable bonds is 10. The molecule has 0 spiro atoms. The number of alkyl halides is 2. The second-order valence-corrected chi connectivity index (χ2v) is 10.5. The van der Waals surface area contributed by atoms with E-state index in [4.69, 9.17) is 10.00 Å². The Hall–Kier alpha value is -4.96. The van der Waals surface area contributed by atoms with Crippen LogP contribution in [0.3, 0.4) is 0 Å². The minimum absolute atomic E-state index is 0.0232. The lowest BCUT2D eigenvalue weighted by molar-refractivity contribution is -0.185. The zero-order chi connectivity index (χ0) is 31.3. The normalized spacial score (nSPS) is 11.3. The van der Waals surface area contributed by atoms with Gasteiger partial charge in [-0.3, -0.25) is 0 Å². The first kappa shape index (κ1) is 30.5. The van der Waals surface area contributed by atoms with Crippen LogP contribution in [0.4, 0.5) is 22.0 Å². The lowest BCUT2D eigenvalue weighted by atomic mass is 9.97. The van der Waals surface area contributed by atoms with Crippen LogP contribution >= 0.6 is 0 Å². The number of nitriles is 1. The van der Waals surface area contributed by atoms with E-state index >= 15 is 4.39 Å². The first-order valence-corrected chi connectivity index (χ1v) is 14.2. The highest BCUT2D eigenvalue weighted by molar-refractivity contribution is 5.74. The van der Waals surface area contributed by atoms with Gasteiger partial charge < -0.3 is 4.74 Å². The first-order valence-electron chi connectivity index (χ1n) is 14.2. The molecule has 0 unspecified atom stereocenters. The summed E-state index contributed by atoms with van der Waals surface area (Å²) in [7, 11) is 0. The van der Waals surface area contributed by atoms with Crippen molar-refractivity contribution in [2.24, 2.45) is 0 Å². The van der Waals surface area contributed by atoms with E-state index < -0.39 is 29.1 Å². The fourth-order valence-corrected chi connectivity index (χ4v) is 4.98. The van der Waals surface area contributed by atoms with Gasteiger partial charge in [0.1, 0.15) is 34.8 Å². The van der Waals surface area contributed by atoms with Gasteiger partial charge in [-0.05, 0) is 88.7 Å². The molecule has 0 aromatic heterocycles. The molecule has 0 N–H and O–H groups in total. The summed E-state index contributed by atoms with van der Waals surface area (Å²) in [5.41, 5.74) is 2.90. The Labute approximate surface area is 253 Å². The van der Waals surface area contributed by atoms with Gasteiger partial charge in [-0.25, -0.2) is 13.2 Å². The van der Waals surface area contributed by atoms with Gasteiger partial charge in [0, 0.05) is 5.56 Å². The molecule has 0 fully saturated rings. The summed E-state index contributed by atoms with van der Waals surface area (Å²) in [6.07, 6.45) is 0.533. The molecule has 5 rings (SSSR count). The van der Waals surface area contributed by atoms with Gasteiger partial charge >= 0.3 is 6.11 Å². The van der Waals surface area contributed by atoms with E-state index in [1.54, 1.807) is 60.7 Å². The number of nitrogens with zero attached hydrogens (tertiary/aromatic N) is 1. The quantitative estimate of drug-likeness (QED) is 0.119. The fourth-order valence-electron chi connectivity index (χ4n) is 4.98. The standard InChI is InChI=1S/C37H28F5NO/c1-2-3-4-5-24-6-15-30(16-7-24)37(41,42)44-31-17-12-25(13-18-31)28-14-19-32(34(38)20-28)27-10-8-26(9-11-27)29-21-35(39)33(23-43)36(40)22-29/h6-22H,2-5H2,1H3. The Morgan fingerprint density at radius 3 is 1.77 bits per heavy atom. The zero-order valence-corrected chi connectivity index (χ0v) is 23.9. The highest BCUT2D eigenvalue weighted by Crippen LogP contribution is 2.34. The monoisotopic (exact) mass is 597 g/mol. The maximum absolute atomic E-state index is 15.2. The van der Waals surface area contributed by atoms with Gasteiger partial charge in [0.15, 0.2) is 0 Å². The number of benzene rings is 5. The van der Waals surface area contributed by atoms with Crippen molar-refractivity contribution in [3.8, 4) is 45.2 Å². The summed E-state index contributed by atoms with van der Waals surface area (Å²) in [5, 5.41) is 8.87. The molecule has 5 aromatic carbocycles. The number of halogens is 5. The third-order valence-electron chi connectivity index (χ3n) is 7.44. The van der Waals surface area contributed by atoms with Crippen LogP contribution in [0.25, 0.3) is 33.4 Å². The van der Waals surface area contributed by atoms with E-state index in [0.29, 0.717) is 27.8 Å². The molecule has 0 amide bonds. The lowest BCUT2D eigenvalue weighted by Gasteiger charge is -2.19. The SMILES string of the molecule is CCCCCc1ccc(C(F)(F)Oc2ccc(-c3ccc(-c4ccc(-c5cc(F)c(C#N)c(F)c5)cc4)c(F)c3)cc2)cc1. The van der Waals surface area contributed by atoms with Gasteiger partial charge in [0.05, 0.1) is 5.56 Å². The largest absolute Gasteiger partial charge is 0.429 e. The Balaban J connectivity index is 1.27. The van der Waals surface area contributed by atoms with E-state index in [9.17, 15) is 17.6 Å². The van der Waals surface area contributed by atoms with Gasteiger partial charge in [0.2, 0.25) is 0 Å². The lowest BCUT2D eigenvalue weighted by Crippen LogP contribution is -2.21. The molecule has 0 saturated heterocycles. The van der Waals surface area contributed by atoms with Crippen LogP contribution < -0.4 is 4.74 Å². The van der Waals surface area contributed by atoms with Gasteiger partial charge in [-0.2, -0.15) is 14.0 Å². The van der Waals surface area contributed by atoms with E-state index in [0.717, 1.165) is 43.4 Å². The molecule has 5 aromatic rings. The van der Waals surface area contributed by atoms with E-state index in [1.165, 1.54) is 36.4 Å². The predicted molar refractivity (Wildman–Crippen MR) is 162 cm³/mol. The Morgan fingerprint density at radius 2 is 1.18 bits per heavy atom. The van der Waals surface area contributed by atoms with Crippen LogP contribution in [0.5, 0.6) is 5.75 Å². The topological polar surface area (TPSA) is 33.0 Å². The summed E-state index contributed by atoms with van der Waals surface area (Å²) in [6, 6.07) is 27.0. The summed E-state index contributed by atoms with van der Waals surface area (Å²) in [5.74, 6) is -2.44. The van der Waals surface area contributed by atoms with Gasteiger partial charge in [-0.15, -0.1) is 0 Å². The second-order valence-electron chi connectivity index (χ2n) is 10.5. The maximum atomic E-state index is 15.2. The molecule has 222 valence electrons. The zero-order valence-electron chi connectivity index (χ0n) is 23.9. The molecule has 0 aliphatic rings. The molecule has 0 bridgehead atoms. The van der Waals surface area contributed by atoms with Gasteiger partial charge in [-0.1, -0.05) is 80.4 Å². The first-order chi connectivity index (χ1) is 21.2. The summed E-state index contributed by atoms with van der Waals surface area (Å²) in [6.45, 7) is 2.11. The molecule has 0 radical (unpaired) electrons. The van der Waals surface area contributed by atoms with Crippen molar-refractivity contribution in [3.05, 3.63) is 137 Å². The summed E-state index contributed by atoms with van der Waals surface area (Å²) >= 11 is 0. The van der Waals surface area contributed by atoms with Crippen LogP contribution in [0.15, 0.2) is 103 Å². The van der Waals surface area contributed by atoms with Gasteiger partial charge in [0.25, 0.3) is 0 Å². The molecule has 7 heteroatoms. The predicted octanol–water partition coefficient (Wildman–Crippen LogP) is 10.8. The molecule has 44 heavy (non-hydrogen) atoms. The highest BCUT2D eigenvalue weighted by atomic mass is 19.3. The smallest absolute Gasteiger partial charge is 0.426 e. The fraction of sp³-hybridized carbons (Fsp3) is 0.162. The van der Waals surface area contributed by atoms with Crippen molar-refractivity contribution in [2.45, 2.75) is 38.7 Å². The van der Waals surface area contributed by atoms with Crippen LogP contribution in [0, 0.1) is 28.8 Å². The van der Waals surface area contributed by atoms with Crippen molar-refractivity contribution in [1.29, 1.82) is 5.26 Å². The molecule has 2 nitrogen and oxygen atoms in total. The number of hydrogen-bond donors (Lipinski definition) is 0. The van der Waals surface area contributed by atoms with E-state index in [-0.39, 0.29) is 16.9 Å². The molecule has 0 aliphatic carbocycles. The number of ether oxygens (including phenoxy) is 1. The maximum Gasteiger partial charge on any atom is 0.426 e. The van der Waals surface area contributed by atoms with E-state index in [2.05, 4.69) is 6.92 Å². The summed E-state index contributed by atoms with van der Waals surface area (Å²) in [4.78, 5) is 0. The summed E-state index contributed by atoms with van der Waals surface area (Å²) < 4.78 is 77.9. The van der Waals surface area contributed by atoms with Crippen LogP contribution in [-0.4, -0.2) is 0 Å². The third kappa shape index (κ3) is 6.81. The average Bonchev–Trinajstić information content (AvgIpc) is 3.01. The minimum atomic E-state index is -3.52. The highest BCUT2D eigenvalue weighted by Gasteiger charge is 2.34. The second kappa shape index (κ2) is 13.1. The molecular formula is C37H28F5NO. The third-order valence-corrected chi connectivity index (χ3v) is 7.44. The van der Waals surface area contributed by atoms with E-state index in [1.807, 2.05) is 0 Å². The Kier molecular flexibility index (Phi) is 9.10. The van der Waals surface area contributed by atoms with Crippen LogP contribution in [0.2, 0.25) is 0 Å². The van der Waals surface area contributed by atoms with Crippen LogP contribution in [-0.2, 0) is 12.5 Å². The minimum Gasteiger partial charge on any atom is -0.429 e. The number of unbranched alkanes of at least 4 members (excludes halogenated alkanes) is 2. The Morgan fingerprint density at radius 1 is 0.636 bits per heavy atom. The molecule has 0 atom stereocenters. The van der Waals surface area contributed by atoms with Crippen LogP contribution in [0.1, 0.15) is 42.9 Å². The van der Waals surface area contributed by atoms with Crippen molar-refractivity contribution < 1.29 is 26.7 Å². The number of hydrogen-bond acceptors (Lipinski definition) is 2. The van der Waals surface area contributed by atoms with Crippen molar-refractivity contribution >= 4 is 0 Å². The molecular weight excluding hydrogens is 569 g/mol.